The number of ether oxygens (including phenoxy) is 1. The average Bonchev–Trinajstić information content (AvgIpc) is 2.57. The number of nitrogens with zero attached hydrogens (tertiary/aromatic N) is 1. The monoisotopic (exact) mass is 407 g/mol. The van der Waals surface area contributed by atoms with E-state index >= 15 is 0 Å². The zero-order valence-corrected chi connectivity index (χ0v) is 14.8. The van der Waals surface area contributed by atoms with Crippen LogP contribution >= 0.6 is 15.9 Å². The maximum absolute atomic E-state index is 13.4. The fourth-order valence-electron chi connectivity index (χ4n) is 1.92. The molecule has 2 aromatic rings. The summed E-state index contributed by atoms with van der Waals surface area (Å²) in [6.07, 6.45) is 0.914. The van der Waals surface area contributed by atoms with E-state index in [1.54, 1.807) is 18.2 Å². The Hall–Kier alpha value is -2.74. The van der Waals surface area contributed by atoms with Crippen molar-refractivity contribution in [3.63, 3.8) is 0 Å². The highest BCUT2D eigenvalue weighted by Crippen LogP contribution is 2.21. The molecule has 0 bridgehead atoms. The smallest absolute Gasteiger partial charge is 0.249 e. The Balaban J connectivity index is 1.89. The zero-order chi connectivity index (χ0) is 18.2. The molecule has 0 saturated carbocycles. The van der Waals surface area contributed by atoms with E-state index in [0.717, 1.165) is 4.47 Å². The number of carbonyl (C=O) groups is 2. The van der Waals surface area contributed by atoms with Crippen LogP contribution in [0, 0.1) is 5.82 Å². The Labute approximate surface area is 152 Å². The van der Waals surface area contributed by atoms with E-state index in [4.69, 9.17) is 4.74 Å². The van der Waals surface area contributed by atoms with Gasteiger partial charge in [-0.05, 0) is 30.3 Å². The second kappa shape index (κ2) is 8.93. The number of amides is 2. The van der Waals surface area contributed by atoms with Crippen LogP contribution in [-0.2, 0) is 9.59 Å². The summed E-state index contributed by atoms with van der Waals surface area (Å²) < 4.78 is 19.4. The van der Waals surface area contributed by atoms with Crippen LogP contribution in [-0.4, -0.2) is 25.1 Å². The maximum Gasteiger partial charge on any atom is 0.249 e. The van der Waals surface area contributed by atoms with E-state index in [9.17, 15) is 14.0 Å². The lowest BCUT2D eigenvalue weighted by Gasteiger charge is -2.06. The van der Waals surface area contributed by atoms with Crippen LogP contribution in [0.4, 0.5) is 10.1 Å². The first-order valence-electron chi connectivity index (χ1n) is 7.19. The molecular weight excluding hydrogens is 393 g/mol. The Bertz CT molecular complexity index is 811. The average molecular weight is 408 g/mol. The second-order valence-electron chi connectivity index (χ2n) is 4.88. The number of halogens is 2. The van der Waals surface area contributed by atoms with Gasteiger partial charge < -0.3 is 10.1 Å². The van der Waals surface area contributed by atoms with Gasteiger partial charge in [0, 0.05) is 10.0 Å². The number of para-hydroxylation sites is 1. The summed E-state index contributed by atoms with van der Waals surface area (Å²) >= 11 is 3.33. The van der Waals surface area contributed by atoms with E-state index in [-0.39, 0.29) is 5.69 Å². The number of hydrogen-bond acceptors (Lipinski definition) is 4. The van der Waals surface area contributed by atoms with E-state index in [0.29, 0.717) is 11.3 Å². The van der Waals surface area contributed by atoms with Crippen molar-refractivity contribution in [3.05, 3.63) is 58.3 Å². The highest BCUT2D eigenvalue weighted by atomic mass is 79.9. The van der Waals surface area contributed by atoms with Crippen LogP contribution in [0.15, 0.2) is 52.0 Å². The summed E-state index contributed by atoms with van der Waals surface area (Å²) in [4.78, 5) is 23.5. The normalized spacial score (nSPS) is 10.5. The lowest BCUT2D eigenvalue weighted by atomic mass is 10.2. The van der Waals surface area contributed by atoms with Gasteiger partial charge in [0.25, 0.3) is 0 Å². The lowest BCUT2D eigenvalue weighted by Crippen LogP contribution is -2.25. The molecule has 2 N–H and O–H groups in total. The molecule has 0 radical (unpaired) electrons. The predicted molar refractivity (Wildman–Crippen MR) is 96.1 cm³/mol. The van der Waals surface area contributed by atoms with Gasteiger partial charge in [0.1, 0.15) is 18.0 Å². The quantitative estimate of drug-likeness (QED) is 0.438. The summed E-state index contributed by atoms with van der Waals surface area (Å²) in [5, 5.41) is 6.11. The summed E-state index contributed by atoms with van der Waals surface area (Å²) in [5.41, 5.74) is 2.90. The molecule has 0 unspecified atom stereocenters. The van der Waals surface area contributed by atoms with Gasteiger partial charge >= 0.3 is 0 Å². The van der Waals surface area contributed by atoms with Gasteiger partial charge in [0.2, 0.25) is 11.8 Å². The van der Waals surface area contributed by atoms with Gasteiger partial charge in [-0.2, -0.15) is 5.10 Å². The van der Waals surface area contributed by atoms with Crippen molar-refractivity contribution in [2.75, 3.05) is 12.4 Å². The molecule has 0 atom stereocenters. The van der Waals surface area contributed by atoms with Crippen LogP contribution in [0.1, 0.15) is 12.0 Å². The van der Waals surface area contributed by atoms with Crippen LogP contribution in [0.2, 0.25) is 0 Å². The van der Waals surface area contributed by atoms with Crippen LogP contribution in [0.5, 0.6) is 5.75 Å². The van der Waals surface area contributed by atoms with Crippen molar-refractivity contribution >= 4 is 39.6 Å². The SMILES string of the molecule is COc1ccc(Br)cc1C=NNC(=O)CC(=O)Nc1ccccc1F. The first-order chi connectivity index (χ1) is 12.0. The molecule has 0 aromatic heterocycles. The minimum atomic E-state index is -0.641. The molecule has 2 amide bonds. The Morgan fingerprint density at radius 1 is 1.24 bits per heavy atom. The third-order valence-electron chi connectivity index (χ3n) is 3.05. The van der Waals surface area contributed by atoms with E-state index < -0.39 is 24.1 Å². The predicted octanol–water partition coefficient (Wildman–Crippen LogP) is 3.08. The Kier molecular flexibility index (Phi) is 6.64. The number of benzene rings is 2. The minimum Gasteiger partial charge on any atom is -0.496 e. The summed E-state index contributed by atoms with van der Waals surface area (Å²) in [6.45, 7) is 0. The fourth-order valence-corrected chi connectivity index (χ4v) is 2.30. The van der Waals surface area contributed by atoms with Crippen molar-refractivity contribution < 1.29 is 18.7 Å². The maximum atomic E-state index is 13.4. The molecule has 0 aliphatic rings. The molecule has 0 fully saturated rings. The third kappa shape index (κ3) is 5.68. The van der Waals surface area contributed by atoms with E-state index in [2.05, 4.69) is 31.8 Å². The van der Waals surface area contributed by atoms with Gasteiger partial charge in [-0.1, -0.05) is 28.1 Å². The van der Waals surface area contributed by atoms with Crippen molar-refractivity contribution in [2.45, 2.75) is 6.42 Å². The summed E-state index contributed by atoms with van der Waals surface area (Å²) in [6, 6.07) is 11.0. The topological polar surface area (TPSA) is 79.8 Å². The molecule has 0 aliphatic carbocycles. The van der Waals surface area contributed by atoms with Crippen molar-refractivity contribution in [2.24, 2.45) is 5.10 Å². The van der Waals surface area contributed by atoms with Gasteiger partial charge in [-0.25, -0.2) is 9.82 Å². The highest BCUT2D eigenvalue weighted by molar-refractivity contribution is 9.10. The van der Waals surface area contributed by atoms with Gasteiger partial charge in [-0.15, -0.1) is 0 Å². The molecule has 8 heteroatoms. The van der Waals surface area contributed by atoms with Crippen LogP contribution < -0.4 is 15.5 Å². The minimum absolute atomic E-state index is 0.0164. The van der Waals surface area contributed by atoms with Gasteiger partial charge in [0.15, 0.2) is 0 Å². The van der Waals surface area contributed by atoms with Gasteiger partial charge in [0.05, 0.1) is 19.0 Å². The fraction of sp³-hybridized carbons (Fsp3) is 0.118. The summed E-state index contributed by atoms with van der Waals surface area (Å²) in [5.74, 6) is -1.26. The van der Waals surface area contributed by atoms with E-state index in [1.165, 1.54) is 31.5 Å². The molecule has 25 heavy (non-hydrogen) atoms. The van der Waals surface area contributed by atoms with Crippen molar-refractivity contribution in [1.82, 2.24) is 5.43 Å². The number of hydrazone groups is 1. The standard InChI is InChI=1S/C17H15BrFN3O3/c1-25-15-7-6-12(18)8-11(15)10-20-22-17(24)9-16(23)21-14-5-3-2-4-13(14)19/h2-8,10H,9H2,1H3,(H,21,23)(H,22,24). The Morgan fingerprint density at radius 3 is 2.72 bits per heavy atom. The molecule has 2 aromatic carbocycles. The number of carbonyl (C=O) groups excluding carboxylic acids is 2. The molecule has 2 rings (SSSR count). The molecular formula is C17H15BrFN3O3. The molecule has 130 valence electrons. The molecule has 0 saturated heterocycles. The summed E-state index contributed by atoms with van der Waals surface area (Å²) in [7, 11) is 1.52. The van der Waals surface area contributed by atoms with Crippen molar-refractivity contribution in [1.29, 1.82) is 0 Å². The Morgan fingerprint density at radius 2 is 2.00 bits per heavy atom. The molecule has 6 nitrogen and oxygen atoms in total. The molecule has 0 aliphatic heterocycles. The number of anilines is 1. The second-order valence-corrected chi connectivity index (χ2v) is 5.80. The van der Waals surface area contributed by atoms with Crippen LogP contribution in [0.3, 0.4) is 0 Å². The van der Waals surface area contributed by atoms with E-state index in [1.807, 2.05) is 6.07 Å². The van der Waals surface area contributed by atoms with Gasteiger partial charge in [-0.3, -0.25) is 9.59 Å². The first-order valence-corrected chi connectivity index (χ1v) is 7.98. The van der Waals surface area contributed by atoms with Crippen molar-refractivity contribution in [3.8, 4) is 5.75 Å². The number of methoxy groups -OCH3 is 1. The molecule has 0 heterocycles. The van der Waals surface area contributed by atoms with Crippen LogP contribution in [0.25, 0.3) is 0 Å². The first kappa shape index (κ1) is 18.6. The largest absolute Gasteiger partial charge is 0.496 e. The highest BCUT2D eigenvalue weighted by Gasteiger charge is 2.11. The lowest BCUT2D eigenvalue weighted by molar-refractivity contribution is -0.126. The number of nitrogens with one attached hydrogen (secondary N) is 2. The number of rotatable bonds is 6. The number of hydrogen-bond donors (Lipinski definition) is 2. The molecule has 0 spiro atoms. The zero-order valence-electron chi connectivity index (χ0n) is 13.3. The third-order valence-corrected chi connectivity index (χ3v) is 3.55.